The highest BCUT2D eigenvalue weighted by atomic mass is 16.4. The van der Waals surface area contributed by atoms with E-state index >= 15 is 0 Å². The van der Waals surface area contributed by atoms with Crippen LogP contribution in [0.15, 0.2) is 28.9 Å². The minimum absolute atomic E-state index is 0.0888. The van der Waals surface area contributed by atoms with E-state index in [4.69, 9.17) is 9.52 Å². The third kappa shape index (κ3) is 3.01. The number of nitrogens with one attached hydrogen (secondary N) is 1. The fourth-order valence-electron chi connectivity index (χ4n) is 1.73. The summed E-state index contributed by atoms with van der Waals surface area (Å²) in [5, 5.41) is 11.4. The molecule has 100 valence electrons. The zero-order valence-electron chi connectivity index (χ0n) is 9.91. The van der Waals surface area contributed by atoms with Gasteiger partial charge in [-0.2, -0.15) is 0 Å². The Morgan fingerprint density at radius 2 is 2.32 bits per heavy atom. The highest BCUT2D eigenvalue weighted by Gasteiger charge is 2.34. The quantitative estimate of drug-likeness (QED) is 0.730. The first-order valence-electron chi connectivity index (χ1n) is 5.59. The molecule has 1 aromatic heterocycles. The van der Waals surface area contributed by atoms with Gasteiger partial charge in [0.25, 0.3) is 0 Å². The fourth-order valence-corrected chi connectivity index (χ4v) is 1.73. The summed E-state index contributed by atoms with van der Waals surface area (Å²) >= 11 is 0. The fraction of sp³-hybridized carbons (Fsp3) is 0.250. The van der Waals surface area contributed by atoms with Crippen LogP contribution in [0.3, 0.4) is 0 Å². The summed E-state index contributed by atoms with van der Waals surface area (Å²) in [7, 11) is 0. The molecule has 2 heterocycles. The van der Waals surface area contributed by atoms with Crippen LogP contribution >= 0.6 is 0 Å². The number of aliphatic carboxylic acids is 1. The molecular formula is C12H12N2O5. The maximum atomic E-state index is 11.9. The van der Waals surface area contributed by atoms with Gasteiger partial charge in [-0.15, -0.1) is 0 Å². The molecule has 2 rings (SSSR count). The summed E-state index contributed by atoms with van der Waals surface area (Å²) in [6.45, 7) is -0.354. The Kier molecular flexibility index (Phi) is 3.65. The number of furan rings is 1. The Morgan fingerprint density at radius 1 is 1.53 bits per heavy atom. The van der Waals surface area contributed by atoms with E-state index in [1.807, 2.05) is 0 Å². The van der Waals surface area contributed by atoms with Gasteiger partial charge >= 0.3 is 5.97 Å². The van der Waals surface area contributed by atoms with Crippen molar-refractivity contribution >= 4 is 23.9 Å². The lowest BCUT2D eigenvalue weighted by molar-refractivity contribution is -0.152. The van der Waals surface area contributed by atoms with Gasteiger partial charge in [0, 0.05) is 12.6 Å². The number of carbonyl (C=O) groups is 3. The number of nitrogens with zero attached hydrogens (tertiary/aromatic N) is 1. The normalized spacial score (nSPS) is 19.5. The van der Waals surface area contributed by atoms with Crippen molar-refractivity contribution in [2.24, 2.45) is 0 Å². The molecule has 1 fully saturated rings. The number of hydrogen-bond donors (Lipinski definition) is 2. The first-order valence-corrected chi connectivity index (χ1v) is 5.59. The number of amides is 2. The first-order chi connectivity index (χ1) is 9.08. The lowest BCUT2D eigenvalue weighted by Crippen LogP contribution is -2.59. The Hall–Kier alpha value is -2.57. The second-order valence-corrected chi connectivity index (χ2v) is 3.97. The number of carboxylic acid groups (broad SMARTS) is 1. The average molecular weight is 264 g/mol. The Balaban J connectivity index is 2.10. The second kappa shape index (κ2) is 5.38. The molecule has 0 aromatic carbocycles. The second-order valence-electron chi connectivity index (χ2n) is 3.97. The van der Waals surface area contributed by atoms with Crippen LogP contribution in [0.25, 0.3) is 6.08 Å². The zero-order valence-corrected chi connectivity index (χ0v) is 9.91. The van der Waals surface area contributed by atoms with Crippen molar-refractivity contribution in [2.45, 2.75) is 6.04 Å². The van der Waals surface area contributed by atoms with Crippen LogP contribution < -0.4 is 5.32 Å². The Bertz CT molecular complexity index is 520. The summed E-state index contributed by atoms with van der Waals surface area (Å²) in [6, 6.07) is 2.27. The summed E-state index contributed by atoms with van der Waals surface area (Å²) in [5.41, 5.74) is 0. The Labute approximate surface area is 108 Å². The molecule has 0 spiro atoms. The molecular weight excluding hydrogens is 252 g/mol. The lowest BCUT2D eigenvalue weighted by atomic mass is 10.2. The predicted octanol–water partition coefficient (Wildman–Crippen LogP) is -0.296. The molecule has 19 heavy (non-hydrogen) atoms. The maximum absolute atomic E-state index is 11.9. The standard InChI is InChI=1S/C12H12N2O5/c15-10-7-14(9(6-13-10)12(17)18)11(16)4-3-8-2-1-5-19-8/h1-5,9H,6-7H2,(H,13,15)(H,17,18)/b4-3+. The highest BCUT2D eigenvalue weighted by molar-refractivity contribution is 5.97. The van der Waals surface area contributed by atoms with Crippen LogP contribution in [-0.4, -0.2) is 46.9 Å². The van der Waals surface area contributed by atoms with Gasteiger partial charge in [-0.05, 0) is 18.2 Å². The molecule has 2 amide bonds. The summed E-state index contributed by atoms with van der Waals surface area (Å²) < 4.78 is 5.01. The molecule has 7 heteroatoms. The van der Waals surface area contributed by atoms with Crippen molar-refractivity contribution in [3.05, 3.63) is 30.2 Å². The molecule has 0 bridgehead atoms. The van der Waals surface area contributed by atoms with Crippen molar-refractivity contribution < 1.29 is 23.9 Å². The smallest absolute Gasteiger partial charge is 0.328 e. The van der Waals surface area contributed by atoms with E-state index in [2.05, 4.69) is 5.32 Å². The lowest BCUT2D eigenvalue weighted by Gasteiger charge is -2.31. The molecule has 1 saturated heterocycles. The zero-order chi connectivity index (χ0) is 13.8. The van der Waals surface area contributed by atoms with E-state index < -0.39 is 17.9 Å². The topological polar surface area (TPSA) is 99.9 Å². The van der Waals surface area contributed by atoms with Crippen LogP contribution in [0, 0.1) is 0 Å². The molecule has 0 saturated carbocycles. The molecule has 1 aliphatic rings. The minimum atomic E-state index is -1.15. The van der Waals surface area contributed by atoms with Gasteiger partial charge in [0.1, 0.15) is 18.3 Å². The molecule has 1 aliphatic heterocycles. The molecule has 0 radical (unpaired) electrons. The summed E-state index contributed by atoms with van der Waals surface area (Å²) in [6.07, 6.45) is 4.07. The number of rotatable bonds is 3. The van der Waals surface area contributed by atoms with Crippen LogP contribution in [0.1, 0.15) is 5.76 Å². The van der Waals surface area contributed by atoms with Gasteiger partial charge in [0.05, 0.1) is 6.26 Å². The van der Waals surface area contributed by atoms with Crippen molar-refractivity contribution in [1.82, 2.24) is 10.2 Å². The minimum Gasteiger partial charge on any atom is -0.480 e. The third-order valence-electron chi connectivity index (χ3n) is 2.68. The average Bonchev–Trinajstić information content (AvgIpc) is 2.88. The van der Waals surface area contributed by atoms with Gasteiger partial charge in [0.15, 0.2) is 0 Å². The van der Waals surface area contributed by atoms with Crippen LogP contribution in [0.5, 0.6) is 0 Å². The van der Waals surface area contributed by atoms with Gasteiger partial charge in [-0.1, -0.05) is 0 Å². The molecule has 2 N–H and O–H groups in total. The van der Waals surface area contributed by atoms with Crippen molar-refractivity contribution in [1.29, 1.82) is 0 Å². The number of piperazine rings is 1. The summed E-state index contributed by atoms with van der Waals surface area (Å²) in [5.74, 6) is -1.60. The van der Waals surface area contributed by atoms with Gasteiger partial charge < -0.3 is 19.7 Å². The van der Waals surface area contributed by atoms with E-state index in [0.717, 1.165) is 4.90 Å². The first kappa shape index (κ1) is 12.9. The third-order valence-corrected chi connectivity index (χ3v) is 2.68. The van der Waals surface area contributed by atoms with Crippen LogP contribution in [0.2, 0.25) is 0 Å². The number of hydrogen-bond acceptors (Lipinski definition) is 4. The molecule has 1 atom stereocenters. The summed E-state index contributed by atoms with van der Waals surface area (Å²) in [4.78, 5) is 35.2. The van der Waals surface area contributed by atoms with Crippen molar-refractivity contribution in [3.8, 4) is 0 Å². The van der Waals surface area contributed by atoms with Gasteiger partial charge in [-0.3, -0.25) is 9.59 Å². The molecule has 7 nitrogen and oxygen atoms in total. The van der Waals surface area contributed by atoms with Gasteiger partial charge in [-0.25, -0.2) is 4.79 Å². The molecule has 1 unspecified atom stereocenters. The van der Waals surface area contributed by atoms with Gasteiger partial charge in [0.2, 0.25) is 11.8 Å². The molecule has 1 aromatic rings. The molecule has 0 aliphatic carbocycles. The Morgan fingerprint density at radius 3 is 2.95 bits per heavy atom. The monoisotopic (exact) mass is 264 g/mol. The van der Waals surface area contributed by atoms with Crippen molar-refractivity contribution in [2.75, 3.05) is 13.1 Å². The van der Waals surface area contributed by atoms with E-state index in [9.17, 15) is 14.4 Å². The number of carbonyl (C=O) groups excluding carboxylic acids is 2. The largest absolute Gasteiger partial charge is 0.480 e. The van der Waals surface area contributed by atoms with E-state index in [0.29, 0.717) is 5.76 Å². The van der Waals surface area contributed by atoms with E-state index in [-0.39, 0.29) is 19.0 Å². The van der Waals surface area contributed by atoms with Crippen LogP contribution in [-0.2, 0) is 14.4 Å². The van der Waals surface area contributed by atoms with Crippen LogP contribution in [0.4, 0.5) is 0 Å². The SMILES string of the molecule is O=C1CN(C(=O)/C=C/c2ccco2)C(C(=O)O)CN1. The van der Waals surface area contributed by atoms with E-state index in [1.54, 1.807) is 12.1 Å². The van der Waals surface area contributed by atoms with Crippen molar-refractivity contribution in [3.63, 3.8) is 0 Å². The number of carboxylic acids is 1. The van der Waals surface area contributed by atoms with E-state index in [1.165, 1.54) is 18.4 Å². The predicted molar refractivity (Wildman–Crippen MR) is 63.9 cm³/mol. The highest BCUT2D eigenvalue weighted by Crippen LogP contribution is 2.08. The maximum Gasteiger partial charge on any atom is 0.328 e.